The minimum atomic E-state index is -1.65. The Morgan fingerprint density at radius 3 is 2.40 bits per heavy atom. The molecule has 0 atom stereocenters. The predicted octanol–water partition coefficient (Wildman–Crippen LogP) is 2.21. The molecule has 0 aliphatic carbocycles. The molecule has 0 unspecified atom stereocenters. The van der Waals surface area contributed by atoms with Crippen molar-refractivity contribution in [1.29, 1.82) is 0 Å². The number of ether oxygens (including phenoxy) is 1. The van der Waals surface area contributed by atoms with Gasteiger partial charge in [0, 0.05) is 0 Å². The summed E-state index contributed by atoms with van der Waals surface area (Å²) >= 11 is -1.65. The van der Waals surface area contributed by atoms with Gasteiger partial charge in [0.1, 0.15) is 0 Å². The van der Waals surface area contributed by atoms with Crippen molar-refractivity contribution in [2.45, 2.75) is 21.2 Å². The molecule has 2 heteroatoms. The van der Waals surface area contributed by atoms with Crippen molar-refractivity contribution in [1.82, 2.24) is 0 Å². The van der Waals surface area contributed by atoms with Crippen LogP contribution in [0.15, 0.2) is 9.67 Å². The Morgan fingerprint density at radius 1 is 1.40 bits per heavy atom. The standard InChI is InChI=1S/C5H7O.3CH3.Sn/c1-2-4-6-5-3-1;;;;/h2H,3-5H2;3*1H3;. The number of rotatable bonds is 1. The maximum absolute atomic E-state index is 5.25. The van der Waals surface area contributed by atoms with E-state index in [1.807, 2.05) is 0 Å². The van der Waals surface area contributed by atoms with Crippen LogP contribution in [0.2, 0.25) is 14.8 Å². The van der Waals surface area contributed by atoms with Crippen molar-refractivity contribution in [2.24, 2.45) is 0 Å². The van der Waals surface area contributed by atoms with Gasteiger partial charge in [-0.15, -0.1) is 0 Å². The van der Waals surface area contributed by atoms with E-state index in [2.05, 4.69) is 20.9 Å². The Hall–Kier alpha value is 0.499. The number of hydrogen-bond acceptors (Lipinski definition) is 1. The van der Waals surface area contributed by atoms with E-state index in [-0.39, 0.29) is 0 Å². The van der Waals surface area contributed by atoms with Crippen LogP contribution in [0.4, 0.5) is 0 Å². The molecule has 1 nitrogen and oxygen atoms in total. The van der Waals surface area contributed by atoms with Gasteiger partial charge < -0.3 is 0 Å². The Bertz CT molecular complexity index is 144. The quantitative estimate of drug-likeness (QED) is 0.645. The zero-order chi connectivity index (χ0) is 7.61. The molecule has 0 aromatic carbocycles. The van der Waals surface area contributed by atoms with Crippen LogP contribution < -0.4 is 0 Å². The Morgan fingerprint density at radius 2 is 2.10 bits per heavy atom. The second kappa shape index (κ2) is 3.26. The SMILES string of the molecule is [CH3][Sn]([CH3])([CH3])[C]1=CCOCC1. The summed E-state index contributed by atoms with van der Waals surface area (Å²) in [5, 5.41) is 0. The van der Waals surface area contributed by atoms with Gasteiger partial charge in [-0.3, -0.25) is 0 Å². The zero-order valence-corrected chi connectivity index (χ0v) is 9.96. The Labute approximate surface area is 67.3 Å². The van der Waals surface area contributed by atoms with Gasteiger partial charge in [-0.05, 0) is 0 Å². The first-order chi connectivity index (χ1) is 4.61. The van der Waals surface area contributed by atoms with Gasteiger partial charge in [0.05, 0.1) is 0 Å². The molecule has 1 aliphatic rings. The maximum atomic E-state index is 5.25. The molecule has 0 spiro atoms. The van der Waals surface area contributed by atoms with Crippen molar-refractivity contribution in [3.63, 3.8) is 0 Å². The molecule has 0 aromatic heterocycles. The van der Waals surface area contributed by atoms with Crippen molar-refractivity contribution in [3.05, 3.63) is 9.67 Å². The fourth-order valence-corrected chi connectivity index (χ4v) is 5.63. The van der Waals surface area contributed by atoms with Gasteiger partial charge >= 0.3 is 67.2 Å². The third kappa shape index (κ3) is 2.27. The van der Waals surface area contributed by atoms with E-state index in [0.717, 1.165) is 13.2 Å². The van der Waals surface area contributed by atoms with E-state index >= 15 is 0 Å². The molecule has 0 fully saturated rings. The molecule has 10 heavy (non-hydrogen) atoms. The number of hydrogen-bond donors (Lipinski definition) is 0. The van der Waals surface area contributed by atoms with Gasteiger partial charge in [-0.2, -0.15) is 0 Å². The summed E-state index contributed by atoms with van der Waals surface area (Å²) in [5.74, 6) is 0. The summed E-state index contributed by atoms with van der Waals surface area (Å²) in [7, 11) is 0. The molecule has 0 amide bonds. The minimum absolute atomic E-state index is 0.865. The molecule has 0 aromatic rings. The van der Waals surface area contributed by atoms with Gasteiger partial charge in [0.15, 0.2) is 0 Å². The zero-order valence-electron chi connectivity index (χ0n) is 7.11. The molecular formula is C8H16OSn. The van der Waals surface area contributed by atoms with Crippen molar-refractivity contribution >= 4 is 18.4 Å². The van der Waals surface area contributed by atoms with E-state index in [1.54, 1.807) is 3.59 Å². The van der Waals surface area contributed by atoms with Crippen LogP contribution in [-0.2, 0) is 4.74 Å². The predicted molar refractivity (Wildman–Crippen MR) is 46.9 cm³/mol. The second-order valence-corrected chi connectivity index (χ2v) is 18.5. The van der Waals surface area contributed by atoms with Gasteiger partial charge in [0.2, 0.25) is 0 Å². The Kier molecular flexibility index (Phi) is 2.80. The van der Waals surface area contributed by atoms with Crippen molar-refractivity contribution in [2.75, 3.05) is 13.2 Å². The monoisotopic (exact) mass is 248 g/mol. The molecule has 0 bridgehead atoms. The van der Waals surface area contributed by atoms with Crippen LogP contribution >= 0.6 is 0 Å². The van der Waals surface area contributed by atoms with Crippen LogP contribution in [-0.4, -0.2) is 31.6 Å². The average molecular weight is 247 g/mol. The molecular weight excluding hydrogens is 231 g/mol. The van der Waals surface area contributed by atoms with E-state index in [1.165, 1.54) is 6.42 Å². The van der Waals surface area contributed by atoms with Crippen molar-refractivity contribution in [3.8, 4) is 0 Å². The first-order valence-corrected chi connectivity index (χ1v) is 13.9. The first kappa shape index (κ1) is 8.59. The summed E-state index contributed by atoms with van der Waals surface area (Å²) in [6.07, 6.45) is 3.51. The summed E-state index contributed by atoms with van der Waals surface area (Å²) in [5.41, 5.74) is 0. The third-order valence-electron chi connectivity index (χ3n) is 1.93. The average Bonchev–Trinajstić information content (AvgIpc) is 1.88. The van der Waals surface area contributed by atoms with Crippen LogP contribution in [0.5, 0.6) is 0 Å². The third-order valence-corrected chi connectivity index (χ3v) is 8.72. The molecule has 1 heterocycles. The van der Waals surface area contributed by atoms with Crippen LogP contribution in [0.1, 0.15) is 6.42 Å². The van der Waals surface area contributed by atoms with Crippen LogP contribution in [0.25, 0.3) is 0 Å². The van der Waals surface area contributed by atoms with Gasteiger partial charge in [0.25, 0.3) is 0 Å². The molecule has 0 radical (unpaired) electrons. The molecule has 1 rings (SSSR count). The first-order valence-electron chi connectivity index (χ1n) is 3.88. The van der Waals surface area contributed by atoms with Crippen LogP contribution in [0, 0.1) is 0 Å². The fraction of sp³-hybridized carbons (Fsp3) is 0.750. The molecule has 0 saturated carbocycles. The van der Waals surface area contributed by atoms with E-state index in [4.69, 9.17) is 4.74 Å². The van der Waals surface area contributed by atoms with E-state index < -0.39 is 18.4 Å². The summed E-state index contributed by atoms with van der Waals surface area (Å²) in [4.78, 5) is 7.39. The topological polar surface area (TPSA) is 9.23 Å². The molecule has 0 N–H and O–H groups in total. The van der Waals surface area contributed by atoms with E-state index in [0.29, 0.717) is 0 Å². The van der Waals surface area contributed by atoms with Crippen molar-refractivity contribution < 1.29 is 4.74 Å². The summed E-state index contributed by atoms with van der Waals surface area (Å²) in [6, 6.07) is 0. The van der Waals surface area contributed by atoms with Gasteiger partial charge in [-0.1, -0.05) is 0 Å². The normalized spacial score (nSPS) is 20.5. The second-order valence-electron chi connectivity index (χ2n) is 3.80. The summed E-state index contributed by atoms with van der Waals surface area (Å²) in [6.45, 7) is 1.82. The van der Waals surface area contributed by atoms with Crippen LogP contribution in [0.3, 0.4) is 0 Å². The molecule has 0 saturated heterocycles. The Balaban J connectivity index is 2.62. The van der Waals surface area contributed by atoms with E-state index in [9.17, 15) is 0 Å². The fourth-order valence-electron chi connectivity index (χ4n) is 1.21. The van der Waals surface area contributed by atoms with Gasteiger partial charge in [-0.25, -0.2) is 0 Å². The summed E-state index contributed by atoms with van der Waals surface area (Å²) < 4.78 is 7.00. The molecule has 58 valence electrons. The molecule has 1 aliphatic heterocycles.